The lowest BCUT2D eigenvalue weighted by atomic mass is 10.2. The molecule has 0 bridgehead atoms. The summed E-state index contributed by atoms with van der Waals surface area (Å²) in [6.45, 7) is 0. The van der Waals surface area contributed by atoms with Gasteiger partial charge in [-0.3, -0.25) is 9.36 Å². The Morgan fingerprint density at radius 2 is 2.25 bits per heavy atom. The monoisotopic (exact) mass is 175 g/mol. The van der Waals surface area contributed by atoms with Crippen molar-refractivity contribution in [2.45, 2.75) is 0 Å². The van der Waals surface area contributed by atoms with Crippen molar-refractivity contribution in [1.82, 2.24) is 13.7 Å². The van der Waals surface area contributed by atoms with Gasteiger partial charge in [0, 0.05) is 23.3 Å². The standard InChI is InChI=1S/C8H5N3S/c1-2-7-8(11-12-10-7)5-3-4-9-6(1)5/h1-4,10H. The first-order chi connectivity index (χ1) is 5.95. The third-order valence-electron chi connectivity index (χ3n) is 1.94. The van der Waals surface area contributed by atoms with Crippen molar-refractivity contribution in [1.29, 1.82) is 0 Å². The van der Waals surface area contributed by atoms with E-state index in [4.69, 9.17) is 0 Å². The van der Waals surface area contributed by atoms with E-state index in [1.165, 1.54) is 11.7 Å². The predicted molar refractivity (Wildman–Crippen MR) is 49.3 cm³/mol. The average Bonchev–Trinajstić information content (AvgIpc) is 2.71. The highest BCUT2D eigenvalue weighted by atomic mass is 32.1. The summed E-state index contributed by atoms with van der Waals surface area (Å²) in [6, 6.07) is 6.00. The fraction of sp³-hybridized carbons (Fsp3) is 0. The molecule has 0 saturated carbocycles. The molecular weight excluding hydrogens is 170 g/mol. The second-order valence-corrected chi connectivity index (χ2v) is 3.19. The molecule has 0 unspecified atom stereocenters. The van der Waals surface area contributed by atoms with Gasteiger partial charge < -0.3 is 0 Å². The number of nitrogens with zero attached hydrogens (tertiary/aromatic N) is 2. The Bertz CT molecular complexity index is 487. The van der Waals surface area contributed by atoms with Crippen molar-refractivity contribution in [3.8, 4) is 0 Å². The van der Waals surface area contributed by atoms with E-state index in [1.807, 2.05) is 24.4 Å². The van der Waals surface area contributed by atoms with Crippen LogP contribution in [0.15, 0.2) is 24.4 Å². The number of hydrogen-bond acceptors (Lipinski definition) is 3. The number of H-pyrrole nitrogens is 1. The Balaban J connectivity index is 2.71. The molecule has 3 aromatic rings. The van der Waals surface area contributed by atoms with E-state index in [0.717, 1.165) is 21.9 Å². The number of aromatic nitrogens is 3. The third kappa shape index (κ3) is 0.648. The zero-order valence-electron chi connectivity index (χ0n) is 6.11. The summed E-state index contributed by atoms with van der Waals surface area (Å²) in [5, 5.41) is 1.13. The fourth-order valence-corrected chi connectivity index (χ4v) is 1.96. The predicted octanol–water partition coefficient (Wildman–Crippen LogP) is 2.17. The second-order valence-electron chi connectivity index (χ2n) is 2.62. The maximum atomic E-state index is 4.27. The first kappa shape index (κ1) is 6.14. The molecular formula is C8H5N3S. The van der Waals surface area contributed by atoms with E-state index in [-0.39, 0.29) is 0 Å². The zero-order chi connectivity index (χ0) is 7.97. The van der Waals surface area contributed by atoms with Gasteiger partial charge in [-0.25, -0.2) is 0 Å². The molecule has 0 atom stereocenters. The fourth-order valence-electron chi connectivity index (χ4n) is 1.36. The van der Waals surface area contributed by atoms with Crippen LogP contribution in [-0.4, -0.2) is 13.7 Å². The van der Waals surface area contributed by atoms with E-state index in [2.05, 4.69) is 13.7 Å². The van der Waals surface area contributed by atoms with Crippen molar-refractivity contribution in [2.24, 2.45) is 0 Å². The Hall–Kier alpha value is -1.42. The summed E-state index contributed by atoms with van der Waals surface area (Å²) >= 11 is 1.37. The molecule has 0 spiro atoms. The molecule has 0 amide bonds. The molecule has 1 aromatic carbocycles. The van der Waals surface area contributed by atoms with Crippen LogP contribution < -0.4 is 0 Å². The normalized spacial score (nSPS) is 11.3. The third-order valence-corrected chi connectivity index (χ3v) is 2.53. The lowest BCUT2D eigenvalue weighted by Crippen LogP contribution is -1.70. The molecule has 3 rings (SSSR count). The Morgan fingerprint density at radius 1 is 1.25 bits per heavy atom. The van der Waals surface area contributed by atoms with Gasteiger partial charge in [-0.1, -0.05) is 0 Å². The van der Waals surface area contributed by atoms with E-state index in [1.54, 1.807) is 0 Å². The minimum Gasteiger partial charge on any atom is -0.293 e. The molecule has 4 heteroatoms. The summed E-state index contributed by atoms with van der Waals surface area (Å²) in [6.07, 6.45) is 1.81. The van der Waals surface area contributed by atoms with Gasteiger partial charge in [0.2, 0.25) is 0 Å². The van der Waals surface area contributed by atoms with Gasteiger partial charge >= 0.3 is 0 Å². The van der Waals surface area contributed by atoms with Gasteiger partial charge in [-0.05, 0) is 18.2 Å². The zero-order valence-corrected chi connectivity index (χ0v) is 6.93. The number of hydrogen-bond donors (Lipinski definition) is 1. The van der Waals surface area contributed by atoms with Crippen molar-refractivity contribution in [3.63, 3.8) is 0 Å². The van der Waals surface area contributed by atoms with Gasteiger partial charge in [0.05, 0.1) is 11.0 Å². The van der Waals surface area contributed by atoms with Crippen LogP contribution in [0.25, 0.3) is 21.9 Å². The summed E-state index contributed by atoms with van der Waals surface area (Å²) in [5.41, 5.74) is 3.12. The summed E-state index contributed by atoms with van der Waals surface area (Å²) in [7, 11) is 0. The number of aromatic amines is 1. The van der Waals surface area contributed by atoms with Crippen LogP contribution in [0.4, 0.5) is 0 Å². The highest BCUT2D eigenvalue weighted by Crippen LogP contribution is 2.22. The molecule has 0 aliphatic carbocycles. The smallest absolute Gasteiger partial charge is 0.111 e. The SMILES string of the molecule is c1cc2c(ccc3[nH]snc32)n1. The van der Waals surface area contributed by atoms with E-state index in [9.17, 15) is 0 Å². The molecule has 0 aliphatic heterocycles. The molecule has 58 valence electrons. The van der Waals surface area contributed by atoms with Crippen LogP contribution in [0.1, 0.15) is 0 Å². The van der Waals surface area contributed by atoms with Gasteiger partial charge in [0.15, 0.2) is 0 Å². The quantitative estimate of drug-likeness (QED) is 0.569. The molecule has 0 saturated heterocycles. The lowest BCUT2D eigenvalue weighted by Gasteiger charge is -1.87. The largest absolute Gasteiger partial charge is 0.293 e. The van der Waals surface area contributed by atoms with Gasteiger partial charge in [-0.2, -0.15) is 4.37 Å². The van der Waals surface area contributed by atoms with Crippen LogP contribution in [0.2, 0.25) is 0 Å². The molecule has 0 aliphatic rings. The lowest BCUT2D eigenvalue weighted by molar-refractivity contribution is 1.48. The maximum Gasteiger partial charge on any atom is 0.111 e. The van der Waals surface area contributed by atoms with E-state index >= 15 is 0 Å². The van der Waals surface area contributed by atoms with Crippen LogP contribution in [0.5, 0.6) is 0 Å². The van der Waals surface area contributed by atoms with E-state index < -0.39 is 0 Å². The highest BCUT2D eigenvalue weighted by Gasteiger charge is 2.02. The Labute approximate surface area is 72.4 Å². The summed E-state index contributed by atoms with van der Waals surface area (Å²) < 4.78 is 7.37. The molecule has 0 fully saturated rings. The first-order valence-electron chi connectivity index (χ1n) is 3.62. The second kappa shape index (κ2) is 2.04. The van der Waals surface area contributed by atoms with Crippen LogP contribution in [0.3, 0.4) is 0 Å². The average molecular weight is 175 g/mol. The molecule has 2 aromatic heterocycles. The maximum absolute atomic E-state index is 4.27. The van der Waals surface area contributed by atoms with Crippen LogP contribution >= 0.6 is 11.7 Å². The van der Waals surface area contributed by atoms with E-state index in [0.29, 0.717) is 0 Å². The molecule has 0 radical (unpaired) electrons. The van der Waals surface area contributed by atoms with Gasteiger partial charge in [0.25, 0.3) is 0 Å². The molecule has 3 nitrogen and oxygen atoms in total. The first-order valence-corrected chi connectivity index (χ1v) is 4.40. The number of fused-ring (bicyclic) bond motifs is 3. The Kier molecular flexibility index (Phi) is 1.04. The van der Waals surface area contributed by atoms with Crippen molar-refractivity contribution < 1.29 is 0 Å². The molecule has 2 heterocycles. The van der Waals surface area contributed by atoms with Gasteiger partial charge in [0.1, 0.15) is 5.52 Å². The molecule has 1 N–H and O–H groups in total. The topological polar surface area (TPSA) is 41.6 Å². The Morgan fingerprint density at radius 3 is 3.25 bits per heavy atom. The number of rotatable bonds is 0. The summed E-state index contributed by atoms with van der Waals surface area (Å²) in [5.74, 6) is 0. The van der Waals surface area contributed by atoms with Crippen molar-refractivity contribution in [2.75, 3.05) is 0 Å². The van der Waals surface area contributed by atoms with Crippen molar-refractivity contribution >= 4 is 33.7 Å². The number of benzene rings is 1. The van der Waals surface area contributed by atoms with Crippen molar-refractivity contribution in [3.05, 3.63) is 24.4 Å². The minimum absolute atomic E-state index is 1.02. The summed E-state index contributed by atoms with van der Waals surface area (Å²) in [4.78, 5) is 4.20. The minimum atomic E-state index is 1.02. The highest BCUT2D eigenvalue weighted by molar-refractivity contribution is 7.00. The van der Waals surface area contributed by atoms with Crippen LogP contribution in [0, 0.1) is 0 Å². The number of nitrogens with one attached hydrogen (secondary N) is 1. The van der Waals surface area contributed by atoms with Crippen LogP contribution in [-0.2, 0) is 0 Å². The molecule has 12 heavy (non-hydrogen) atoms. The van der Waals surface area contributed by atoms with Gasteiger partial charge in [-0.15, -0.1) is 0 Å².